The van der Waals surface area contributed by atoms with Crippen LogP contribution in [0.15, 0.2) is 36.4 Å². The quantitative estimate of drug-likeness (QED) is 0.139. The van der Waals surface area contributed by atoms with Gasteiger partial charge in [-0.3, -0.25) is 40.5 Å². The van der Waals surface area contributed by atoms with E-state index in [1.54, 1.807) is 0 Å². The third-order valence-electron chi connectivity index (χ3n) is 6.06. The number of non-ortho nitro benzene ring substituents is 2. The summed E-state index contributed by atoms with van der Waals surface area (Å²) in [5.74, 6) is -2.19. The fraction of sp³-hybridized carbons (Fsp3) is 0.0909. The molecule has 0 atom stereocenters. The van der Waals surface area contributed by atoms with Gasteiger partial charge in [0.1, 0.15) is 22.4 Å². The minimum atomic E-state index is -1.09. The molecule has 0 bridgehead atoms. The Bertz CT molecular complexity index is 1970. The monoisotopic (exact) mass is 608 g/mol. The molecule has 0 saturated carbocycles. The molecular formula is C22H12N10O12. The number of rotatable bonds is 8. The van der Waals surface area contributed by atoms with Crippen molar-refractivity contribution in [3.63, 3.8) is 0 Å². The van der Waals surface area contributed by atoms with Crippen molar-refractivity contribution in [1.82, 2.24) is 29.5 Å². The van der Waals surface area contributed by atoms with Crippen LogP contribution >= 0.6 is 0 Å². The second-order valence-electron chi connectivity index (χ2n) is 8.45. The predicted octanol–water partition coefficient (Wildman–Crippen LogP) is 2.36. The number of carbonyl (C=O) groups is 2. The molecule has 5 rings (SSSR count). The molecule has 44 heavy (non-hydrogen) atoms. The number of fused-ring (bicyclic) bond motifs is 2. The summed E-state index contributed by atoms with van der Waals surface area (Å²) in [7, 11) is 2.00. The maximum atomic E-state index is 12.6. The molecule has 3 aromatic heterocycles. The van der Waals surface area contributed by atoms with Gasteiger partial charge in [-0.2, -0.15) is 10.2 Å². The average Bonchev–Trinajstić information content (AvgIpc) is 3.56. The van der Waals surface area contributed by atoms with Crippen molar-refractivity contribution in [2.45, 2.75) is 0 Å². The fourth-order valence-electron chi connectivity index (χ4n) is 4.13. The summed E-state index contributed by atoms with van der Waals surface area (Å²) in [4.78, 5) is 76.5. The third-order valence-corrected chi connectivity index (χ3v) is 6.06. The lowest BCUT2D eigenvalue weighted by atomic mass is 10.2. The molecule has 0 spiro atoms. The average molecular weight is 608 g/mol. The molecule has 0 aliphatic heterocycles. The number of nitrogens with zero attached hydrogens (tertiary/aromatic N) is 10. The molecule has 22 nitrogen and oxygen atoms in total. The van der Waals surface area contributed by atoms with Gasteiger partial charge in [-0.15, -0.1) is 0 Å². The van der Waals surface area contributed by atoms with Crippen molar-refractivity contribution in [3.05, 3.63) is 88.2 Å². The molecule has 0 unspecified atom stereocenters. The summed E-state index contributed by atoms with van der Waals surface area (Å²) in [6, 6.07) is 5.08. The van der Waals surface area contributed by atoms with Gasteiger partial charge in [0, 0.05) is 12.1 Å². The van der Waals surface area contributed by atoms with E-state index in [-0.39, 0.29) is 11.0 Å². The Hall–Kier alpha value is -7.00. The number of nitro groups is 4. The number of hydrogen-bond donors (Lipinski definition) is 0. The summed E-state index contributed by atoms with van der Waals surface area (Å²) < 4.78 is 11.0. The molecule has 3 heterocycles. The molecular weight excluding hydrogens is 596 g/mol. The molecule has 0 amide bonds. The Morgan fingerprint density at radius 1 is 0.636 bits per heavy atom. The highest BCUT2D eigenvalue weighted by Gasteiger charge is 2.32. The number of hydrogen-bond acceptors (Lipinski definition) is 16. The largest absolute Gasteiger partial charge is 0.464 e. The number of carbonyl (C=O) groups excluding carboxylic acids is 2. The van der Waals surface area contributed by atoms with E-state index in [1.165, 1.54) is 0 Å². The zero-order valence-corrected chi connectivity index (χ0v) is 21.8. The van der Waals surface area contributed by atoms with Crippen LogP contribution in [0.1, 0.15) is 21.0 Å². The van der Waals surface area contributed by atoms with Gasteiger partial charge in [0.05, 0.1) is 46.0 Å². The normalized spacial score (nSPS) is 11.0. The summed E-state index contributed by atoms with van der Waals surface area (Å²) >= 11 is 0. The Morgan fingerprint density at radius 3 is 1.34 bits per heavy atom. The van der Waals surface area contributed by atoms with Crippen LogP contribution in [0.5, 0.6) is 0 Å². The van der Waals surface area contributed by atoms with Crippen LogP contribution in [0.3, 0.4) is 0 Å². The van der Waals surface area contributed by atoms with Crippen molar-refractivity contribution in [3.8, 4) is 11.4 Å². The minimum Gasteiger partial charge on any atom is -0.464 e. The van der Waals surface area contributed by atoms with Crippen LogP contribution in [-0.2, 0) is 9.47 Å². The third kappa shape index (κ3) is 4.48. The first-order valence-corrected chi connectivity index (χ1v) is 11.6. The maximum Gasteiger partial charge on any atom is 0.360 e. The fourth-order valence-corrected chi connectivity index (χ4v) is 4.13. The molecule has 5 aromatic rings. The summed E-state index contributed by atoms with van der Waals surface area (Å²) in [5.41, 5.74) is -6.38. The SMILES string of the molecule is COC(=O)c1nn(-c2ccc([N+](=O)[O-])cc2[N+](=O)[O-])c2nc3c(nc12)c(C(=O)OC)nn3-c1ccc([N+](=O)[O-])cc1[N+](=O)[O-]. The van der Waals surface area contributed by atoms with Crippen LogP contribution < -0.4 is 0 Å². The van der Waals surface area contributed by atoms with Gasteiger partial charge in [-0.05, 0) is 12.1 Å². The molecule has 0 saturated heterocycles. The Labute approximate surface area is 239 Å². The molecule has 0 fully saturated rings. The van der Waals surface area contributed by atoms with Crippen LogP contribution in [-0.4, -0.2) is 75.4 Å². The first-order valence-electron chi connectivity index (χ1n) is 11.6. The summed E-state index contributed by atoms with van der Waals surface area (Å²) in [6.07, 6.45) is 0. The van der Waals surface area contributed by atoms with Crippen molar-refractivity contribution < 1.29 is 38.8 Å². The molecule has 0 aliphatic carbocycles. The van der Waals surface area contributed by atoms with E-state index in [1.807, 2.05) is 0 Å². The van der Waals surface area contributed by atoms with Crippen molar-refractivity contribution in [2.24, 2.45) is 0 Å². The number of esters is 2. The first kappa shape index (κ1) is 28.5. The lowest BCUT2D eigenvalue weighted by Gasteiger charge is -2.06. The van der Waals surface area contributed by atoms with E-state index in [9.17, 15) is 50.0 Å². The molecule has 0 aliphatic rings. The van der Waals surface area contributed by atoms with Crippen LogP contribution in [0.2, 0.25) is 0 Å². The number of methoxy groups -OCH3 is 2. The molecule has 0 N–H and O–H groups in total. The minimum absolute atomic E-state index is 0.375. The second kappa shape index (κ2) is 10.4. The van der Waals surface area contributed by atoms with E-state index in [0.717, 1.165) is 47.8 Å². The smallest absolute Gasteiger partial charge is 0.360 e. The van der Waals surface area contributed by atoms with Crippen molar-refractivity contribution >= 4 is 57.0 Å². The highest BCUT2D eigenvalue weighted by molar-refractivity contribution is 6.05. The zero-order chi connectivity index (χ0) is 32.0. The Morgan fingerprint density at radius 2 is 1.02 bits per heavy atom. The van der Waals surface area contributed by atoms with Gasteiger partial charge in [-0.1, -0.05) is 0 Å². The maximum absolute atomic E-state index is 12.6. The lowest BCUT2D eigenvalue weighted by Crippen LogP contribution is -2.07. The Balaban J connectivity index is 1.93. The van der Waals surface area contributed by atoms with E-state index in [2.05, 4.69) is 20.2 Å². The van der Waals surface area contributed by atoms with Gasteiger partial charge in [0.2, 0.25) is 0 Å². The van der Waals surface area contributed by atoms with E-state index in [4.69, 9.17) is 9.47 Å². The first-order chi connectivity index (χ1) is 20.9. The highest BCUT2D eigenvalue weighted by Crippen LogP contribution is 2.34. The van der Waals surface area contributed by atoms with E-state index < -0.39 is 88.4 Å². The van der Waals surface area contributed by atoms with Gasteiger partial charge in [-0.25, -0.2) is 28.9 Å². The van der Waals surface area contributed by atoms with Gasteiger partial charge < -0.3 is 9.47 Å². The lowest BCUT2D eigenvalue weighted by molar-refractivity contribution is -0.394. The molecule has 2 aromatic carbocycles. The topological polar surface area (TPSA) is 287 Å². The highest BCUT2D eigenvalue weighted by atomic mass is 16.6. The molecule has 22 heteroatoms. The van der Waals surface area contributed by atoms with Crippen LogP contribution in [0.25, 0.3) is 33.7 Å². The molecule has 0 radical (unpaired) electrons. The number of nitro benzene ring substituents is 4. The molecule has 222 valence electrons. The van der Waals surface area contributed by atoms with Gasteiger partial charge in [0.25, 0.3) is 11.4 Å². The zero-order valence-electron chi connectivity index (χ0n) is 21.8. The number of benzene rings is 2. The van der Waals surface area contributed by atoms with Crippen molar-refractivity contribution in [2.75, 3.05) is 14.2 Å². The summed E-state index contributed by atoms with van der Waals surface area (Å²) in [6.45, 7) is 0. The van der Waals surface area contributed by atoms with Gasteiger partial charge >= 0.3 is 23.3 Å². The van der Waals surface area contributed by atoms with E-state index >= 15 is 0 Å². The van der Waals surface area contributed by atoms with E-state index in [0.29, 0.717) is 12.1 Å². The number of ether oxygens (including phenoxy) is 2. The van der Waals surface area contributed by atoms with Crippen molar-refractivity contribution in [1.29, 1.82) is 0 Å². The van der Waals surface area contributed by atoms with Crippen LogP contribution in [0, 0.1) is 40.5 Å². The van der Waals surface area contributed by atoms with Crippen LogP contribution in [0.4, 0.5) is 22.7 Å². The van der Waals surface area contributed by atoms with Gasteiger partial charge in [0.15, 0.2) is 22.7 Å². The predicted molar refractivity (Wildman–Crippen MR) is 141 cm³/mol. The summed E-state index contributed by atoms with van der Waals surface area (Å²) in [5, 5.41) is 54.3. The Kier molecular flexibility index (Phi) is 6.77. The standard InChI is InChI=1S/C22H12N10O12/c1-43-21(33)17-15-19(27(25-17)11-5-3-9(29(35)36)7-13(11)31(39)40)24-20-16(23-15)18(22(34)44-2)26-28(20)12-6-4-10(30(37)38)8-14(12)32(41)42/h3-8H,1-2H3. The number of aromatic nitrogens is 6. The second-order valence-corrected chi connectivity index (χ2v) is 8.45.